The Morgan fingerprint density at radius 3 is 2.49 bits per heavy atom. The molecule has 1 N–H and O–H groups in total. The molecule has 3 heterocycles. The third-order valence-electron chi connectivity index (χ3n) is 6.60. The zero-order valence-corrected chi connectivity index (χ0v) is 19.8. The molecule has 0 spiro atoms. The minimum Gasteiger partial charge on any atom is -0.319 e. The molecule has 2 aliphatic rings. The monoisotopic (exact) mass is 506 g/mol. The zero-order valence-electron chi connectivity index (χ0n) is 19.8. The van der Waals surface area contributed by atoms with Crippen molar-refractivity contribution in [3.8, 4) is 0 Å². The molecule has 0 saturated carbocycles. The molecule has 0 radical (unpaired) electrons. The van der Waals surface area contributed by atoms with Gasteiger partial charge in [-0.15, -0.1) is 0 Å². The number of amides is 2. The van der Waals surface area contributed by atoms with Crippen LogP contribution in [0.2, 0.25) is 0 Å². The third kappa shape index (κ3) is 4.26. The SMILES string of the molecule is CC1(C)C(=O)N(c2ncccn2)C2=CC=CC(c3ccc(C(F)(F)F)c(C(=O)Nc4cncnc4)c3)C21. The highest BCUT2D eigenvalue weighted by molar-refractivity contribution is 6.05. The van der Waals surface area contributed by atoms with Crippen LogP contribution in [0.5, 0.6) is 0 Å². The van der Waals surface area contributed by atoms with Crippen molar-refractivity contribution in [3.63, 3.8) is 0 Å². The fourth-order valence-corrected chi connectivity index (χ4v) is 4.93. The van der Waals surface area contributed by atoms with E-state index in [4.69, 9.17) is 0 Å². The van der Waals surface area contributed by atoms with Gasteiger partial charge in [0.25, 0.3) is 5.91 Å². The predicted molar refractivity (Wildman–Crippen MR) is 128 cm³/mol. The van der Waals surface area contributed by atoms with Gasteiger partial charge in [0, 0.05) is 29.9 Å². The standard InChI is InChI=1S/C26H21F3N6O2/c1-25(2)21-17(5-3-6-20(21)35(23(25)37)24-32-9-4-10-33-24)15-7-8-19(26(27,28)29)18(11-15)22(36)34-16-12-30-14-31-13-16/h3-14,17,21H,1-2H3,(H,34,36). The Bertz CT molecular complexity index is 1420. The average Bonchev–Trinajstić information content (AvgIpc) is 3.09. The van der Waals surface area contributed by atoms with Gasteiger partial charge < -0.3 is 5.32 Å². The summed E-state index contributed by atoms with van der Waals surface area (Å²) in [6, 6.07) is 5.13. The highest BCUT2D eigenvalue weighted by atomic mass is 19.4. The fraction of sp³-hybridized carbons (Fsp3) is 0.231. The number of nitrogens with zero attached hydrogens (tertiary/aromatic N) is 5. The van der Waals surface area contributed by atoms with Crippen molar-refractivity contribution in [2.45, 2.75) is 25.9 Å². The summed E-state index contributed by atoms with van der Waals surface area (Å²) in [5.41, 5.74) is -1.26. The van der Waals surface area contributed by atoms with Crippen molar-refractivity contribution >= 4 is 23.5 Å². The van der Waals surface area contributed by atoms with Crippen molar-refractivity contribution in [2.24, 2.45) is 11.3 Å². The molecule has 5 rings (SSSR count). The van der Waals surface area contributed by atoms with Gasteiger partial charge >= 0.3 is 6.18 Å². The zero-order chi connectivity index (χ0) is 26.4. The molecular weight excluding hydrogens is 485 g/mol. The Kier molecular flexibility index (Phi) is 5.85. The van der Waals surface area contributed by atoms with Gasteiger partial charge in [0.05, 0.1) is 34.6 Å². The summed E-state index contributed by atoms with van der Waals surface area (Å²) in [5.74, 6) is -1.86. The lowest BCUT2D eigenvalue weighted by Crippen LogP contribution is -2.33. The van der Waals surface area contributed by atoms with E-state index in [2.05, 4.69) is 25.3 Å². The Labute approximate surface area is 210 Å². The molecule has 1 aromatic carbocycles. The van der Waals surface area contributed by atoms with Crippen LogP contribution in [0.1, 0.15) is 41.3 Å². The molecule has 1 saturated heterocycles. The van der Waals surface area contributed by atoms with Crippen molar-refractivity contribution in [1.82, 2.24) is 19.9 Å². The maximum Gasteiger partial charge on any atom is 0.417 e. The van der Waals surface area contributed by atoms with Gasteiger partial charge in [0.1, 0.15) is 6.33 Å². The first-order valence-electron chi connectivity index (χ1n) is 11.4. The number of benzene rings is 1. The molecule has 0 bridgehead atoms. The summed E-state index contributed by atoms with van der Waals surface area (Å²) >= 11 is 0. The van der Waals surface area contributed by atoms with Gasteiger partial charge in [-0.1, -0.05) is 32.1 Å². The Hall–Kier alpha value is -4.41. The van der Waals surface area contributed by atoms with Gasteiger partial charge in [0.2, 0.25) is 11.9 Å². The van der Waals surface area contributed by atoms with E-state index in [-0.39, 0.29) is 17.5 Å². The predicted octanol–water partition coefficient (Wildman–Crippen LogP) is 4.76. The van der Waals surface area contributed by atoms with Crippen LogP contribution >= 0.6 is 0 Å². The van der Waals surface area contributed by atoms with Crippen LogP contribution in [0.4, 0.5) is 24.8 Å². The highest BCUT2D eigenvalue weighted by Crippen LogP contribution is 2.53. The minimum atomic E-state index is -4.75. The molecule has 2 atom stereocenters. The molecule has 1 aliphatic heterocycles. The summed E-state index contributed by atoms with van der Waals surface area (Å²) in [6.45, 7) is 3.58. The van der Waals surface area contributed by atoms with Crippen LogP contribution in [-0.2, 0) is 11.0 Å². The quantitative estimate of drug-likeness (QED) is 0.548. The first-order valence-corrected chi connectivity index (χ1v) is 11.4. The second kappa shape index (κ2) is 8.91. The molecule has 2 aromatic heterocycles. The van der Waals surface area contributed by atoms with Crippen LogP contribution < -0.4 is 10.2 Å². The van der Waals surface area contributed by atoms with E-state index in [0.29, 0.717) is 11.3 Å². The number of nitrogens with one attached hydrogen (secondary N) is 1. The van der Waals surface area contributed by atoms with Crippen LogP contribution in [0.25, 0.3) is 0 Å². The number of alkyl halides is 3. The number of rotatable bonds is 4. The number of allylic oxidation sites excluding steroid dienone is 4. The smallest absolute Gasteiger partial charge is 0.319 e. The number of carbonyl (C=O) groups is 2. The average molecular weight is 506 g/mol. The number of carbonyl (C=O) groups excluding carboxylic acids is 2. The van der Waals surface area contributed by atoms with Crippen LogP contribution in [0.15, 0.2) is 79.3 Å². The lowest BCUT2D eigenvalue weighted by atomic mass is 9.68. The number of fused-ring (bicyclic) bond motifs is 1. The van der Waals surface area contributed by atoms with Gasteiger partial charge in [-0.3, -0.25) is 14.5 Å². The number of hydrogen-bond acceptors (Lipinski definition) is 6. The van der Waals surface area contributed by atoms with Gasteiger partial charge in [-0.25, -0.2) is 19.9 Å². The van der Waals surface area contributed by atoms with E-state index in [0.717, 1.165) is 6.07 Å². The third-order valence-corrected chi connectivity index (χ3v) is 6.60. The molecule has 8 nitrogen and oxygen atoms in total. The largest absolute Gasteiger partial charge is 0.417 e. The van der Waals surface area contributed by atoms with Crippen molar-refractivity contribution in [1.29, 1.82) is 0 Å². The summed E-state index contributed by atoms with van der Waals surface area (Å²) in [7, 11) is 0. The van der Waals surface area contributed by atoms with E-state index >= 15 is 0 Å². The van der Waals surface area contributed by atoms with Crippen molar-refractivity contribution in [3.05, 3.63) is 96.0 Å². The second-order valence-electron chi connectivity index (χ2n) is 9.27. The number of hydrogen-bond donors (Lipinski definition) is 1. The van der Waals surface area contributed by atoms with Gasteiger partial charge in [-0.2, -0.15) is 13.2 Å². The maximum absolute atomic E-state index is 13.9. The fourth-order valence-electron chi connectivity index (χ4n) is 4.93. The second-order valence-corrected chi connectivity index (χ2v) is 9.27. The number of anilines is 2. The summed E-state index contributed by atoms with van der Waals surface area (Å²) in [5, 5.41) is 2.43. The molecule has 188 valence electrons. The maximum atomic E-state index is 13.9. The van der Waals surface area contributed by atoms with E-state index < -0.39 is 40.5 Å². The molecule has 2 unspecified atom stereocenters. The first-order chi connectivity index (χ1) is 17.6. The molecule has 37 heavy (non-hydrogen) atoms. The summed E-state index contributed by atoms with van der Waals surface area (Å²) in [6.07, 6.45) is 7.50. The first kappa shape index (κ1) is 24.3. The summed E-state index contributed by atoms with van der Waals surface area (Å²) in [4.78, 5) is 43.9. The van der Waals surface area contributed by atoms with E-state index in [9.17, 15) is 22.8 Å². The van der Waals surface area contributed by atoms with Crippen molar-refractivity contribution in [2.75, 3.05) is 10.2 Å². The molecule has 2 amide bonds. The minimum absolute atomic E-state index is 0.162. The molecule has 3 aromatic rings. The lowest BCUT2D eigenvalue weighted by Gasteiger charge is -2.32. The number of aromatic nitrogens is 4. The lowest BCUT2D eigenvalue weighted by molar-refractivity contribution is -0.137. The van der Waals surface area contributed by atoms with Crippen LogP contribution in [-0.4, -0.2) is 31.8 Å². The van der Waals surface area contributed by atoms with Gasteiger partial charge in [-0.05, 0) is 29.8 Å². The van der Waals surface area contributed by atoms with Crippen LogP contribution in [0, 0.1) is 11.3 Å². The van der Waals surface area contributed by atoms with Crippen LogP contribution in [0.3, 0.4) is 0 Å². The molecule has 11 heteroatoms. The van der Waals surface area contributed by atoms with E-state index in [1.165, 1.54) is 48.1 Å². The Morgan fingerprint density at radius 2 is 1.81 bits per heavy atom. The highest BCUT2D eigenvalue weighted by Gasteiger charge is 2.55. The molecule has 1 aliphatic carbocycles. The normalized spacial score (nSPS) is 20.4. The molecular formula is C26H21F3N6O2. The topological polar surface area (TPSA) is 101 Å². The van der Waals surface area contributed by atoms with E-state index in [1.54, 1.807) is 32.1 Å². The summed E-state index contributed by atoms with van der Waals surface area (Å²) < 4.78 is 41.6. The number of halogens is 3. The van der Waals surface area contributed by atoms with E-state index in [1.807, 2.05) is 6.08 Å². The Balaban J connectivity index is 1.57. The van der Waals surface area contributed by atoms with Gasteiger partial charge in [0.15, 0.2) is 0 Å². The Morgan fingerprint density at radius 1 is 1.11 bits per heavy atom. The van der Waals surface area contributed by atoms with Crippen molar-refractivity contribution < 1.29 is 22.8 Å². The molecule has 1 fully saturated rings.